The predicted octanol–water partition coefficient (Wildman–Crippen LogP) is 2.44. The topological polar surface area (TPSA) is 66.9 Å². The molecule has 3 rings (SSSR count). The highest BCUT2D eigenvalue weighted by molar-refractivity contribution is 7.92. The van der Waals surface area contributed by atoms with Crippen molar-refractivity contribution in [2.75, 3.05) is 35.7 Å². The third kappa shape index (κ3) is 3.67. The van der Waals surface area contributed by atoms with Gasteiger partial charge in [-0.25, -0.2) is 8.42 Å². The average molecular weight is 374 g/mol. The maximum Gasteiger partial charge on any atom is 0.232 e. The molecule has 0 atom stereocenters. The first-order chi connectivity index (χ1) is 12.4. The second kappa shape index (κ2) is 7.37. The van der Waals surface area contributed by atoms with Crippen molar-refractivity contribution in [1.29, 1.82) is 0 Å². The number of anilines is 2. The summed E-state index contributed by atoms with van der Waals surface area (Å²) in [5, 5.41) is 0. The fraction of sp³-hybridized carbons (Fsp3) is 0.316. The van der Waals surface area contributed by atoms with Crippen LogP contribution in [0.3, 0.4) is 0 Å². The smallest absolute Gasteiger partial charge is 0.232 e. The number of amides is 1. The number of fused-ring (bicyclic) bond motifs is 1. The molecule has 26 heavy (non-hydrogen) atoms. The van der Waals surface area contributed by atoms with Gasteiger partial charge < -0.3 is 9.64 Å². The Bertz CT molecular complexity index is 911. The van der Waals surface area contributed by atoms with E-state index in [1.54, 1.807) is 29.2 Å². The summed E-state index contributed by atoms with van der Waals surface area (Å²) in [6.07, 6.45) is 2.05. The van der Waals surface area contributed by atoms with E-state index in [0.717, 1.165) is 23.9 Å². The average Bonchev–Trinajstić information content (AvgIpc) is 3.05. The third-order valence-corrected chi connectivity index (χ3v) is 5.65. The lowest BCUT2D eigenvalue weighted by atomic mass is 10.2. The molecule has 7 heteroatoms. The van der Waals surface area contributed by atoms with E-state index in [2.05, 4.69) is 0 Å². The summed E-state index contributed by atoms with van der Waals surface area (Å²) >= 11 is 0. The normalized spacial score (nSPS) is 13.4. The lowest BCUT2D eigenvalue weighted by molar-refractivity contribution is -0.118. The molecule has 0 saturated heterocycles. The summed E-state index contributed by atoms with van der Waals surface area (Å²) in [6, 6.07) is 14.7. The van der Waals surface area contributed by atoms with E-state index in [4.69, 9.17) is 4.74 Å². The molecule has 0 radical (unpaired) electrons. The van der Waals surface area contributed by atoms with E-state index < -0.39 is 10.0 Å². The molecule has 6 nitrogen and oxygen atoms in total. The van der Waals surface area contributed by atoms with Gasteiger partial charge in [0.15, 0.2) is 0 Å². The molecule has 0 saturated carbocycles. The molecule has 0 unspecified atom stereocenters. The molecule has 1 amide bonds. The summed E-state index contributed by atoms with van der Waals surface area (Å²) in [5.41, 5.74) is 2.50. The van der Waals surface area contributed by atoms with Crippen molar-refractivity contribution < 1.29 is 17.9 Å². The molecule has 0 spiro atoms. The van der Waals surface area contributed by atoms with Gasteiger partial charge in [-0.15, -0.1) is 0 Å². The molecule has 0 N–H and O–H groups in total. The fourth-order valence-electron chi connectivity index (χ4n) is 3.23. The molecule has 1 heterocycles. The van der Waals surface area contributed by atoms with Gasteiger partial charge in [-0.1, -0.05) is 30.3 Å². The number of para-hydroxylation sites is 3. The number of hydrogen-bond donors (Lipinski definition) is 0. The van der Waals surface area contributed by atoms with Crippen molar-refractivity contribution in [1.82, 2.24) is 0 Å². The Kier molecular flexibility index (Phi) is 5.18. The number of carbonyl (C=O) groups is 1. The minimum atomic E-state index is -3.55. The van der Waals surface area contributed by atoms with Crippen LogP contribution in [0, 0.1) is 0 Å². The first-order valence-corrected chi connectivity index (χ1v) is 10.3. The van der Waals surface area contributed by atoms with Gasteiger partial charge in [0.05, 0.1) is 19.1 Å². The molecule has 0 fully saturated rings. The van der Waals surface area contributed by atoms with Gasteiger partial charge in [-0.05, 0) is 30.2 Å². The molecular formula is C19H22N2O4S. The lowest BCUT2D eigenvalue weighted by Crippen LogP contribution is -2.36. The van der Waals surface area contributed by atoms with Crippen molar-refractivity contribution in [3.63, 3.8) is 0 Å². The number of sulfonamides is 1. The molecule has 0 aliphatic carbocycles. The zero-order chi connectivity index (χ0) is 18.7. The minimum absolute atomic E-state index is 0.0662. The first-order valence-electron chi connectivity index (χ1n) is 8.41. The van der Waals surface area contributed by atoms with Crippen LogP contribution in [-0.4, -0.2) is 40.8 Å². The summed E-state index contributed by atoms with van der Waals surface area (Å²) in [7, 11) is -2.06. The molecule has 1 aliphatic rings. The van der Waals surface area contributed by atoms with Crippen LogP contribution in [0.5, 0.6) is 5.75 Å². The Balaban J connectivity index is 1.78. The quantitative estimate of drug-likeness (QED) is 0.779. The van der Waals surface area contributed by atoms with Gasteiger partial charge in [0.2, 0.25) is 15.9 Å². The Morgan fingerprint density at radius 1 is 1.15 bits per heavy atom. The van der Waals surface area contributed by atoms with Gasteiger partial charge in [0, 0.05) is 25.2 Å². The molecule has 0 bridgehead atoms. The number of nitrogens with zero attached hydrogens (tertiary/aromatic N) is 2. The SMILES string of the molecule is COc1ccccc1N(CCC(=O)N1CCc2ccccc21)S(C)(=O)=O. The van der Waals surface area contributed by atoms with E-state index in [-0.39, 0.29) is 18.9 Å². The molecule has 1 aliphatic heterocycles. The van der Waals surface area contributed by atoms with Crippen LogP contribution in [0.4, 0.5) is 11.4 Å². The van der Waals surface area contributed by atoms with Crippen LogP contribution in [0.1, 0.15) is 12.0 Å². The van der Waals surface area contributed by atoms with Crippen molar-refractivity contribution in [3.05, 3.63) is 54.1 Å². The first kappa shape index (κ1) is 18.3. The molecule has 2 aromatic carbocycles. The Morgan fingerprint density at radius 2 is 1.85 bits per heavy atom. The highest BCUT2D eigenvalue weighted by atomic mass is 32.2. The summed E-state index contributed by atoms with van der Waals surface area (Å²) < 4.78 is 31.1. The Morgan fingerprint density at radius 3 is 2.58 bits per heavy atom. The Labute approximate surface area is 154 Å². The molecule has 138 valence electrons. The number of carbonyl (C=O) groups excluding carboxylic acids is 1. The van der Waals surface area contributed by atoms with E-state index in [0.29, 0.717) is 18.0 Å². The number of hydrogen-bond acceptors (Lipinski definition) is 4. The van der Waals surface area contributed by atoms with Crippen LogP contribution in [0.2, 0.25) is 0 Å². The lowest BCUT2D eigenvalue weighted by Gasteiger charge is -2.25. The summed E-state index contributed by atoms with van der Waals surface area (Å²) in [5.74, 6) is 0.371. The number of rotatable bonds is 6. The van der Waals surface area contributed by atoms with E-state index in [1.165, 1.54) is 11.4 Å². The van der Waals surface area contributed by atoms with Crippen LogP contribution < -0.4 is 13.9 Å². The van der Waals surface area contributed by atoms with Crippen molar-refractivity contribution in [2.24, 2.45) is 0 Å². The highest BCUT2D eigenvalue weighted by Gasteiger charge is 2.26. The Hall–Kier alpha value is -2.54. The fourth-order valence-corrected chi connectivity index (χ4v) is 4.16. The van der Waals surface area contributed by atoms with Crippen molar-refractivity contribution >= 4 is 27.3 Å². The maximum atomic E-state index is 12.7. The number of methoxy groups -OCH3 is 1. The third-order valence-electron chi connectivity index (χ3n) is 4.47. The standard InChI is InChI=1S/C19H22N2O4S/c1-25-18-10-6-5-9-17(18)21(26(2,23)24)14-12-19(22)20-13-11-15-7-3-4-8-16(15)20/h3-10H,11-14H2,1-2H3. The highest BCUT2D eigenvalue weighted by Crippen LogP contribution is 2.31. The summed E-state index contributed by atoms with van der Waals surface area (Å²) in [6.45, 7) is 0.697. The van der Waals surface area contributed by atoms with Crippen LogP contribution in [0.15, 0.2) is 48.5 Å². The van der Waals surface area contributed by atoms with E-state index >= 15 is 0 Å². The van der Waals surface area contributed by atoms with E-state index in [1.807, 2.05) is 24.3 Å². The van der Waals surface area contributed by atoms with Crippen LogP contribution in [0.25, 0.3) is 0 Å². The van der Waals surface area contributed by atoms with Gasteiger partial charge >= 0.3 is 0 Å². The largest absolute Gasteiger partial charge is 0.495 e. The van der Waals surface area contributed by atoms with Gasteiger partial charge in [0.25, 0.3) is 0 Å². The zero-order valence-corrected chi connectivity index (χ0v) is 15.7. The van der Waals surface area contributed by atoms with Crippen molar-refractivity contribution in [2.45, 2.75) is 12.8 Å². The second-order valence-corrected chi connectivity index (χ2v) is 8.09. The van der Waals surface area contributed by atoms with E-state index in [9.17, 15) is 13.2 Å². The minimum Gasteiger partial charge on any atom is -0.495 e. The summed E-state index contributed by atoms with van der Waals surface area (Å²) in [4.78, 5) is 14.4. The molecule has 2 aromatic rings. The number of benzene rings is 2. The molecule has 0 aromatic heterocycles. The maximum absolute atomic E-state index is 12.7. The number of ether oxygens (including phenoxy) is 1. The zero-order valence-electron chi connectivity index (χ0n) is 14.9. The molecular weight excluding hydrogens is 352 g/mol. The monoisotopic (exact) mass is 374 g/mol. The van der Waals surface area contributed by atoms with Gasteiger partial charge in [-0.2, -0.15) is 0 Å². The van der Waals surface area contributed by atoms with Gasteiger partial charge in [0.1, 0.15) is 5.75 Å². The van der Waals surface area contributed by atoms with Crippen LogP contribution >= 0.6 is 0 Å². The predicted molar refractivity (Wildman–Crippen MR) is 102 cm³/mol. The van der Waals surface area contributed by atoms with Crippen molar-refractivity contribution in [3.8, 4) is 5.75 Å². The van der Waals surface area contributed by atoms with Crippen LogP contribution in [-0.2, 0) is 21.2 Å². The second-order valence-electron chi connectivity index (χ2n) is 6.18. The van der Waals surface area contributed by atoms with Gasteiger partial charge in [-0.3, -0.25) is 9.10 Å².